The molecule has 1 amide bonds. The van der Waals surface area contributed by atoms with Crippen LogP contribution >= 0.6 is 11.6 Å². The zero-order chi connectivity index (χ0) is 15.2. The summed E-state index contributed by atoms with van der Waals surface area (Å²) in [4.78, 5) is 11.4. The van der Waals surface area contributed by atoms with Crippen LogP contribution in [0.15, 0.2) is 17.0 Å². The third kappa shape index (κ3) is 2.55. The second-order valence-corrected chi connectivity index (χ2v) is 7.73. The topological polar surface area (TPSA) is 92.5 Å². The predicted octanol–water partition coefficient (Wildman–Crippen LogP) is 0.804. The number of carbonyl (C=O) groups is 1. The van der Waals surface area contributed by atoms with Crippen LogP contribution in [0.2, 0.25) is 5.02 Å². The molecule has 1 atom stereocenters. The summed E-state index contributed by atoms with van der Waals surface area (Å²) in [5, 5.41) is 2.79. The number of nitrogens with zero attached hydrogens (tertiary/aromatic N) is 1. The summed E-state index contributed by atoms with van der Waals surface area (Å²) in [6.45, 7) is 1.35. The maximum absolute atomic E-state index is 12.7. The molecule has 1 saturated heterocycles. The highest BCUT2D eigenvalue weighted by Crippen LogP contribution is 2.34. The zero-order valence-corrected chi connectivity index (χ0v) is 12.9. The molecule has 8 heteroatoms. The van der Waals surface area contributed by atoms with Crippen molar-refractivity contribution < 1.29 is 13.2 Å². The smallest absolute Gasteiger partial charge is 0.244 e. The Bertz CT molecular complexity index is 705. The Morgan fingerprint density at radius 3 is 2.86 bits per heavy atom. The van der Waals surface area contributed by atoms with Gasteiger partial charge in [-0.05, 0) is 36.6 Å². The molecule has 3 rings (SSSR count). The van der Waals surface area contributed by atoms with Crippen molar-refractivity contribution in [2.24, 2.45) is 11.7 Å². The summed E-state index contributed by atoms with van der Waals surface area (Å²) in [5.41, 5.74) is 6.86. The molecule has 114 valence electrons. The van der Waals surface area contributed by atoms with Gasteiger partial charge in [-0.1, -0.05) is 11.6 Å². The first-order valence-electron chi connectivity index (χ1n) is 6.74. The summed E-state index contributed by atoms with van der Waals surface area (Å²) >= 11 is 6.11. The first-order valence-corrected chi connectivity index (χ1v) is 8.56. The Morgan fingerprint density at radius 1 is 1.43 bits per heavy atom. The minimum Gasteiger partial charge on any atom is -0.330 e. The summed E-state index contributed by atoms with van der Waals surface area (Å²) < 4.78 is 26.8. The van der Waals surface area contributed by atoms with Gasteiger partial charge < -0.3 is 11.1 Å². The lowest BCUT2D eigenvalue weighted by Gasteiger charge is -2.18. The first kappa shape index (κ1) is 14.8. The molecule has 0 radical (unpaired) electrons. The van der Waals surface area contributed by atoms with E-state index in [0.29, 0.717) is 30.9 Å². The molecule has 1 aromatic rings. The van der Waals surface area contributed by atoms with E-state index in [0.717, 1.165) is 6.42 Å². The number of anilines is 1. The van der Waals surface area contributed by atoms with Crippen LogP contribution < -0.4 is 11.1 Å². The molecule has 0 aliphatic carbocycles. The van der Waals surface area contributed by atoms with Gasteiger partial charge in [0, 0.05) is 18.8 Å². The standard InChI is InChI=1S/C13H16ClN3O3S/c14-10-5-11-9(4-13(18)16-11)3-12(10)21(19,20)17-2-1-8(6-15)7-17/h3,5,8H,1-2,4,6-7,15H2,(H,16,18). The molecule has 6 nitrogen and oxygen atoms in total. The van der Waals surface area contributed by atoms with Crippen molar-refractivity contribution in [2.75, 3.05) is 25.0 Å². The van der Waals surface area contributed by atoms with Crippen molar-refractivity contribution in [1.82, 2.24) is 4.31 Å². The highest BCUT2D eigenvalue weighted by molar-refractivity contribution is 7.89. The van der Waals surface area contributed by atoms with Gasteiger partial charge in [-0.2, -0.15) is 4.31 Å². The van der Waals surface area contributed by atoms with Crippen molar-refractivity contribution in [3.8, 4) is 0 Å². The van der Waals surface area contributed by atoms with Crippen LogP contribution in [0, 0.1) is 5.92 Å². The number of amides is 1. The second kappa shape index (κ2) is 5.24. The average Bonchev–Trinajstić information content (AvgIpc) is 3.02. The molecule has 0 saturated carbocycles. The van der Waals surface area contributed by atoms with Gasteiger partial charge in [0.25, 0.3) is 0 Å². The lowest BCUT2D eigenvalue weighted by atomic mass is 10.1. The molecular formula is C13H16ClN3O3S. The highest BCUT2D eigenvalue weighted by Gasteiger charge is 2.34. The Labute approximate surface area is 128 Å². The van der Waals surface area contributed by atoms with E-state index in [1.807, 2.05) is 0 Å². The van der Waals surface area contributed by atoms with Gasteiger partial charge in [0.1, 0.15) is 4.90 Å². The minimum absolute atomic E-state index is 0.0667. The van der Waals surface area contributed by atoms with Gasteiger partial charge >= 0.3 is 0 Å². The first-order chi connectivity index (χ1) is 9.91. The molecule has 0 aromatic heterocycles. The quantitative estimate of drug-likeness (QED) is 0.858. The van der Waals surface area contributed by atoms with E-state index in [1.54, 1.807) is 0 Å². The number of halogens is 1. The van der Waals surface area contributed by atoms with E-state index in [1.165, 1.54) is 16.4 Å². The lowest BCUT2D eigenvalue weighted by molar-refractivity contribution is -0.115. The highest BCUT2D eigenvalue weighted by atomic mass is 35.5. The molecular weight excluding hydrogens is 314 g/mol. The summed E-state index contributed by atoms with van der Waals surface area (Å²) in [6, 6.07) is 3.01. The van der Waals surface area contributed by atoms with E-state index in [9.17, 15) is 13.2 Å². The van der Waals surface area contributed by atoms with Gasteiger partial charge in [-0.25, -0.2) is 8.42 Å². The third-order valence-corrected chi connectivity index (χ3v) is 6.31. The Kier molecular flexibility index (Phi) is 3.69. The summed E-state index contributed by atoms with van der Waals surface area (Å²) in [5.74, 6) is 0.0382. The van der Waals surface area contributed by atoms with Crippen molar-refractivity contribution in [3.63, 3.8) is 0 Å². The van der Waals surface area contributed by atoms with E-state index >= 15 is 0 Å². The molecule has 0 bridgehead atoms. The van der Waals surface area contributed by atoms with Crippen LogP contribution in [0.1, 0.15) is 12.0 Å². The number of fused-ring (bicyclic) bond motifs is 1. The van der Waals surface area contributed by atoms with Gasteiger partial charge in [-0.3, -0.25) is 4.79 Å². The number of carbonyl (C=O) groups excluding carboxylic acids is 1. The van der Waals surface area contributed by atoms with E-state index in [2.05, 4.69) is 5.32 Å². The number of hydrogen-bond acceptors (Lipinski definition) is 4. The zero-order valence-electron chi connectivity index (χ0n) is 11.3. The van der Waals surface area contributed by atoms with Gasteiger partial charge in [0.2, 0.25) is 15.9 Å². The van der Waals surface area contributed by atoms with Gasteiger partial charge in [-0.15, -0.1) is 0 Å². The molecule has 2 heterocycles. The number of nitrogens with one attached hydrogen (secondary N) is 1. The number of nitrogens with two attached hydrogens (primary N) is 1. The Morgan fingerprint density at radius 2 is 2.19 bits per heavy atom. The number of hydrogen-bond donors (Lipinski definition) is 2. The number of sulfonamides is 1. The van der Waals surface area contributed by atoms with E-state index < -0.39 is 10.0 Å². The number of benzene rings is 1. The molecule has 2 aliphatic heterocycles. The molecule has 2 aliphatic rings. The van der Waals surface area contributed by atoms with Crippen LogP contribution in [-0.4, -0.2) is 38.3 Å². The molecule has 1 unspecified atom stereocenters. The van der Waals surface area contributed by atoms with E-state index in [-0.39, 0.29) is 28.2 Å². The lowest BCUT2D eigenvalue weighted by Crippen LogP contribution is -2.30. The van der Waals surface area contributed by atoms with Crippen molar-refractivity contribution >= 4 is 33.2 Å². The molecule has 1 fully saturated rings. The molecule has 1 aromatic carbocycles. The van der Waals surface area contributed by atoms with Crippen LogP contribution in [0.3, 0.4) is 0 Å². The maximum Gasteiger partial charge on any atom is 0.244 e. The monoisotopic (exact) mass is 329 g/mol. The SMILES string of the molecule is NCC1CCN(S(=O)(=O)c2cc3c(cc2Cl)NC(=O)C3)C1. The summed E-state index contributed by atoms with van der Waals surface area (Å²) in [6.07, 6.45) is 0.943. The van der Waals surface area contributed by atoms with Crippen molar-refractivity contribution in [3.05, 3.63) is 22.7 Å². The molecule has 0 spiro atoms. The van der Waals surface area contributed by atoms with Crippen molar-refractivity contribution in [1.29, 1.82) is 0 Å². The fraction of sp³-hybridized carbons (Fsp3) is 0.462. The maximum atomic E-state index is 12.7. The van der Waals surface area contributed by atoms with Crippen LogP contribution in [-0.2, 0) is 21.2 Å². The molecule has 21 heavy (non-hydrogen) atoms. The van der Waals surface area contributed by atoms with Crippen LogP contribution in [0.25, 0.3) is 0 Å². The van der Waals surface area contributed by atoms with Gasteiger partial charge in [0.15, 0.2) is 0 Å². The Balaban J connectivity index is 1.97. The third-order valence-electron chi connectivity index (χ3n) is 3.98. The Hall–Kier alpha value is -1.15. The normalized spacial score (nSPS) is 22.4. The van der Waals surface area contributed by atoms with E-state index in [4.69, 9.17) is 17.3 Å². The average molecular weight is 330 g/mol. The van der Waals surface area contributed by atoms with Crippen LogP contribution in [0.4, 0.5) is 5.69 Å². The fourth-order valence-electron chi connectivity index (χ4n) is 2.77. The predicted molar refractivity (Wildman–Crippen MR) is 79.7 cm³/mol. The fourth-order valence-corrected chi connectivity index (χ4v) is 4.85. The summed E-state index contributed by atoms with van der Waals surface area (Å²) in [7, 11) is -3.64. The molecule has 3 N–H and O–H groups in total. The minimum atomic E-state index is -3.64. The van der Waals surface area contributed by atoms with Crippen LogP contribution in [0.5, 0.6) is 0 Å². The number of rotatable bonds is 3. The van der Waals surface area contributed by atoms with Gasteiger partial charge in [0.05, 0.1) is 11.4 Å². The second-order valence-electron chi connectivity index (χ2n) is 5.42. The van der Waals surface area contributed by atoms with Crippen molar-refractivity contribution in [2.45, 2.75) is 17.7 Å². The largest absolute Gasteiger partial charge is 0.330 e.